The molecule has 29 heavy (non-hydrogen) atoms. The molecule has 0 aliphatic carbocycles. The number of hydrogen-bond donors (Lipinski definition) is 0. The van der Waals surface area contributed by atoms with Gasteiger partial charge in [-0.2, -0.15) is 9.78 Å². The predicted octanol–water partition coefficient (Wildman–Crippen LogP) is 5.19. The van der Waals surface area contributed by atoms with E-state index in [-0.39, 0.29) is 11.7 Å². The second-order valence-electron chi connectivity index (χ2n) is 6.55. The average Bonchev–Trinajstić information content (AvgIpc) is 2.70. The molecule has 0 unspecified atom stereocenters. The van der Waals surface area contributed by atoms with Crippen LogP contribution in [0.1, 0.15) is 31.7 Å². The second kappa shape index (κ2) is 8.97. The summed E-state index contributed by atoms with van der Waals surface area (Å²) < 4.78 is 13.4. The Morgan fingerprint density at radius 1 is 1.34 bits per heavy atom. The maximum Gasteiger partial charge on any atom is 0.282 e. The molecule has 0 amide bonds. The quantitative estimate of drug-likeness (QED) is 0.457. The van der Waals surface area contributed by atoms with Gasteiger partial charge in [-0.25, -0.2) is 4.98 Å². The minimum absolute atomic E-state index is 0.00476. The summed E-state index contributed by atoms with van der Waals surface area (Å²) in [6, 6.07) is 8.86. The van der Waals surface area contributed by atoms with Gasteiger partial charge in [-0.1, -0.05) is 34.5 Å². The van der Waals surface area contributed by atoms with Crippen LogP contribution in [0.5, 0.6) is 11.5 Å². The van der Waals surface area contributed by atoms with Crippen LogP contribution in [0.4, 0.5) is 0 Å². The van der Waals surface area contributed by atoms with Crippen LogP contribution in [-0.2, 0) is 0 Å². The van der Waals surface area contributed by atoms with Gasteiger partial charge in [0.2, 0.25) is 0 Å². The smallest absolute Gasteiger partial charge is 0.282 e. The lowest BCUT2D eigenvalue weighted by atomic mass is 10.2. The van der Waals surface area contributed by atoms with E-state index in [0.717, 1.165) is 10.9 Å². The van der Waals surface area contributed by atoms with E-state index in [1.807, 2.05) is 19.9 Å². The summed E-state index contributed by atoms with van der Waals surface area (Å²) in [4.78, 5) is 17.3. The van der Waals surface area contributed by atoms with Crippen molar-refractivity contribution in [2.75, 3.05) is 7.11 Å². The molecule has 1 aromatic heterocycles. The van der Waals surface area contributed by atoms with E-state index in [1.165, 1.54) is 4.68 Å². The summed E-state index contributed by atoms with van der Waals surface area (Å²) >= 11 is 9.78. The van der Waals surface area contributed by atoms with Crippen LogP contribution in [0.3, 0.4) is 0 Å². The Bertz CT molecular complexity index is 1140. The zero-order valence-corrected chi connectivity index (χ0v) is 18.9. The lowest BCUT2D eigenvalue weighted by Gasteiger charge is -2.17. The molecular formula is C21H21BrClN3O3. The number of nitrogens with zero attached hydrogens (tertiary/aromatic N) is 3. The molecule has 0 aliphatic heterocycles. The van der Waals surface area contributed by atoms with E-state index in [0.29, 0.717) is 38.8 Å². The highest BCUT2D eigenvalue weighted by atomic mass is 79.9. The van der Waals surface area contributed by atoms with Gasteiger partial charge in [0.25, 0.3) is 5.56 Å². The molecule has 0 radical (unpaired) electrons. The monoisotopic (exact) mass is 477 g/mol. The van der Waals surface area contributed by atoms with Gasteiger partial charge in [0.1, 0.15) is 5.82 Å². The van der Waals surface area contributed by atoms with Crippen LogP contribution >= 0.6 is 27.5 Å². The fraction of sp³-hybridized carbons (Fsp3) is 0.286. The first-order valence-corrected chi connectivity index (χ1v) is 10.3. The van der Waals surface area contributed by atoms with Crippen LogP contribution < -0.4 is 15.0 Å². The minimum Gasteiger partial charge on any atom is -0.493 e. The highest BCUT2D eigenvalue weighted by molar-refractivity contribution is 9.10. The van der Waals surface area contributed by atoms with Gasteiger partial charge in [-0.15, -0.1) is 0 Å². The van der Waals surface area contributed by atoms with Crippen LogP contribution in [0.15, 0.2) is 44.7 Å². The second-order valence-corrected chi connectivity index (χ2v) is 7.88. The van der Waals surface area contributed by atoms with Gasteiger partial charge in [-0.3, -0.25) is 4.79 Å². The van der Waals surface area contributed by atoms with Gasteiger partial charge in [0.05, 0.1) is 35.4 Å². The van der Waals surface area contributed by atoms with Crippen molar-refractivity contribution >= 4 is 44.6 Å². The van der Waals surface area contributed by atoms with Crippen molar-refractivity contribution in [1.82, 2.24) is 9.66 Å². The molecule has 0 saturated heterocycles. The van der Waals surface area contributed by atoms with E-state index in [9.17, 15) is 4.79 Å². The van der Waals surface area contributed by atoms with E-state index in [2.05, 4.69) is 26.0 Å². The highest BCUT2D eigenvalue weighted by Crippen LogP contribution is 2.37. The Kier molecular flexibility index (Phi) is 6.59. The molecule has 0 N–H and O–H groups in total. The third-order valence-corrected chi connectivity index (χ3v) is 5.21. The summed E-state index contributed by atoms with van der Waals surface area (Å²) in [6.45, 7) is 5.73. The SMILES string of the molecule is CC[C@@H](C)Oc1c(Cl)cc(C=Nn2c(C)nc3ccc(Br)cc3c2=O)cc1OC. The van der Waals surface area contributed by atoms with Gasteiger partial charge in [0, 0.05) is 4.47 Å². The predicted molar refractivity (Wildman–Crippen MR) is 120 cm³/mol. The Hall–Kier alpha value is -2.38. The molecule has 0 spiro atoms. The number of methoxy groups -OCH3 is 1. The molecule has 0 fully saturated rings. The van der Waals surface area contributed by atoms with Crippen molar-refractivity contribution in [1.29, 1.82) is 0 Å². The largest absolute Gasteiger partial charge is 0.493 e. The number of benzene rings is 2. The zero-order chi connectivity index (χ0) is 21.1. The van der Waals surface area contributed by atoms with Gasteiger partial charge in [-0.05, 0) is 56.2 Å². The molecule has 0 saturated carbocycles. The Morgan fingerprint density at radius 3 is 2.79 bits per heavy atom. The van der Waals surface area contributed by atoms with Crippen molar-refractivity contribution in [2.45, 2.75) is 33.3 Å². The third-order valence-electron chi connectivity index (χ3n) is 4.44. The first-order valence-electron chi connectivity index (χ1n) is 9.11. The minimum atomic E-state index is -0.250. The zero-order valence-electron chi connectivity index (χ0n) is 16.6. The standard InChI is InChI=1S/C21H21BrClN3O3/c1-5-12(2)29-20-17(23)8-14(9-19(20)28-4)11-24-26-13(3)25-18-7-6-15(22)10-16(18)21(26)27/h6-12H,5H2,1-4H3/t12-/m1/s1. The first kappa shape index (κ1) is 21.3. The Labute approximate surface area is 182 Å². The highest BCUT2D eigenvalue weighted by Gasteiger charge is 2.14. The van der Waals surface area contributed by atoms with Gasteiger partial charge in [0.15, 0.2) is 11.5 Å². The maximum absolute atomic E-state index is 12.8. The number of fused-ring (bicyclic) bond motifs is 1. The number of hydrogen-bond acceptors (Lipinski definition) is 5. The molecule has 0 aliphatic rings. The summed E-state index contributed by atoms with van der Waals surface area (Å²) in [7, 11) is 1.55. The van der Waals surface area contributed by atoms with Gasteiger partial charge < -0.3 is 9.47 Å². The molecule has 8 heteroatoms. The summed E-state index contributed by atoms with van der Waals surface area (Å²) in [5.41, 5.74) is 1.04. The molecule has 3 rings (SSSR count). The van der Waals surface area contributed by atoms with Crippen LogP contribution in [-0.4, -0.2) is 29.1 Å². The van der Waals surface area contributed by atoms with Gasteiger partial charge >= 0.3 is 0 Å². The Balaban J connectivity index is 2.02. The Morgan fingerprint density at radius 2 is 2.10 bits per heavy atom. The molecule has 3 aromatic rings. The molecule has 1 atom stereocenters. The number of ether oxygens (including phenoxy) is 2. The van der Waals surface area contributed by atoms with Crippen molar-refractivity contribution < 1.29 is 9.47 Å². The van der Waals surface area contributed by atoms with Crippen LogP contribution in [0, 0.1) is 6.92 Å². The topological polar surface area (TPSA) is 65.7 Å². The summed E-state index contributed by atoms with van der Waals surface area (Å²) in [5, 5.41) is 5.22. The number of aryl methyl sites for hydroxylation is 1. The lowest BCUT2D eigenvalue weighted by Crippen LogP contribution is -2.20. The van der Waals surface area contributed by atoms with Crippen molar-refractivity contribution in [2.24, 2.45) is 5.10 Å². The average molecular weight is 479 g/mol. The van der Waals surface area contributed by atoms with E-state index >= 15 is 0 Å². The van der Waals surface area contributed by atoms with Crippen molar-refractivity contribution in [3.63, 3.8) is 0 Å². The fourth-order valence-corrected chi connectivity index (χ4v) is 3.36. The molecule has 152 valence electrons. The van der Waals surface area contributed by atoms with Crippen LogP contribution in [0.25, 0.3) is 10.9 Å². The van der Waals surface area contributed by atoms with Crippen LogP contribution in [0.2, 0.25) is 5.02 Å². The summed E-state index contributed by atoms with van der Waals surface area (Å²) in [6.07, 6.45) is 2.39. The van der Waals surface area contributed by atoms with E-state index < -0.39 is 0 Å². The number of aromatic nitrogens is 2. The van der Waals surface area contributed by atoms with Crippen molar-refractivity contribution in [3.8, 4) is 11.5 Å². The molecule has 1 heterocycles. The summed E-state index contributed by atoms with van der Waals surface area (Å²) in [5.74, 6) is 1.48. The third kappa shape index (κ3) is 4.62. The van der Waals surface area contributed by atoms with E-state index in [1.54, 1.807) is 44.5 Å². The lowest BCUT2D eigenvalue weighted by molar-refractivity contribution is 0.208. The van der Waals surface area contributed by atoms with Crippen molar-refractivity contribution in [3.05, 3.63) is 61.6 Å². The first-order chi connectivity index (χ1) is 13.8. The fourth-order valence-electron chi connectivity index (χ4n) is 2.73. The molecule has 0 bridgehead atoms. The van der Waals surface area contributed by atoms with E-state index in [4.69, 9.17) is 21.1 Å². The molecular weight excluding hydrogens is 458 g/mol. The number of rotatable bonds is 6. The molecule has 2 aromatic carbocycles. The maximum atomic E-state index is 12.8. The number of halogens is 2. The molecule has 6 nitrogen and oxygen atoms in total. The normalized spacial score (nSPS) is 12.5.